The number of aliphatic hydroxyl groups excluding tert-OH is 1. The summed E-state index contributed by atoms with van der Waals surface area (Å²) in [6.45, 7) is 19.2. The molecule has 0 spiro atoms. The number of fused-ring (bicyclic) bond motifs is 2. The number of carbonyl (C=O) groups is 1. The number of furan rings is 1. The van der Waals surface area contributed by atoms with E-state index in [2.05, 4.69) is 88.1 Å². The number of rotatable bonds is 11. The number of pyridine rings is 2. The van der Waals surface area contributed by atoms with Gasteiger partial charge in [-0.15, -0.1) is 29.1 Å². The van der Waals surface area contributed by atoms with Crippen molar-refractivity contribution in [2.24, 2.45) is 17.8 Å². The Balaban J connectivity index is 0.000000347. The first kappa shape index (κ1) is 39.8. The molecule has 1 N–H and O–H groups in total. The number of benzene rings is 2. The van der Waals surface area contributed by atoms with Crippen molar-refractivity contribution in [2.75, 3.05) is 0 Å². The zero-order chi connectivity index (χ0) is 35.0. The summed E-state index contributed by atoms with van der Waals surface area (Å²) >= 11 is 0. The van der Waals surface area contributed by atoms with Crippen LogP contribution < -0.4 is 0 Å². The molecule has 0 atom stereocenters. The molecule has 0 amide bonds. The van der Waals surface area contributed by atoms with Crippen molar-refractivity contribution in [3.05, 3.63) is 96.3 Å². The average Bonchev–Trinajstić information content (AvgIpc) is 3.47. The summed E-state index contributed by atoms with van der Waals surface area (Å²) in [7, 11) is 0. The van der Waals surface area contributed by atoms with E-state index in [0.717, 1.165) is 76.6 Å². The smallest absolute Gasteiger partial charge is 0.162 e. The van der Waals surface area contributed by atoms with Crippen LogP contribution in [0.2, 0.25) is 0 Å². The van der Waals surface area contributed by atoms with Crippen LogP contribution in [0.1, 0.15) is 99.3 Å². The Kier molecular flexibility index (Phi) is 14.5. The van der Waals surface area contributed by atoms with E-state index in [-0.39, 0.29) is 48.9 Å². The van der Waals surface area contributed by atoms with Gasteiger partial charge in [0.05, 0.1) is 5.76 Å². The van der Waals surface area contributed by atoms with Crippen molar-refractivity contribution in [3.8, 4) is 22.4 Å². The number of hydrogen-bond acceptors (Lipinski definition) is 5. The van der Waals surface area contributed by atoms with Gasteiger partial charge in [0, 0.05) is 79.7 Å². The molecule has 0 aliphatic heterocycles. The monoisotopic (exact) mass is 838 g/mol. The number of nitrogens with zero attached hydrogens (tertiary/aromatic N) is 2. The predicted molar refractivity (Wildman–Crippen MR) is 200 cm³/mol. The van der Waals surface area contributed by atoms with E-state index in [0.29, 0.717) is 5.92 Å². The molecule has 0 aliphatic rings. The molecular formula is C43H53IrN2O3-. The first-order chi connectivity index (χ1) is 22.9. The first-order valence-electron chi connectivity index (χ1n) is 17.6. The Morgan fingerprint density at radius 3 is 2.24 bits per heavy atom. The molecule has 263 valence electrons. The maximum absolute atomic E-state index is 11.7. The van der Waals surface area contributed by atoms with Gasteiger partial charge in [-0.2, -0.15) is 0 Å². The van der Waals surface area contributed by atoms with Crippen molar-refractivity contribution in [1.29, 1.82) is 0 Å². The summed E-state index contributed by atoms with van der Waals surface area (Å²) < 4.78 is 6.26. The van der Waals surface area contributed by atoms with Crippen molar-refractivity contribution in [2.45, 2.75) is 99.8 Å². The fraction of sp³-hybridized carbons (Fsp3) is 0.419. The van der Waals surface area contributed by atoms with E-state index in [4.69, 9.17) is 9.40 Å². The second kappa shape index (κ2) is 17.9. The minimum atomic E-state index is 0. The van der Waals surface area contributed by atoms with Crippen LogP contribution in [0.4, 0.5) is 0 Å². The van der Waals surface area contributed by atoms with Gasteiger partial charge in [0.2, 0.25) is 0 Å². The molecule has 0 bridgehead atoms. The van der Waals surface area contributed by atoms with Gasteiger partial charge in [-0.3, -0.25) is 14.8 Å². The summed E-state index contributed by atoms with van der Waals surface area (Å²) in [5, 5.41) is 13.1. The molecule has 0 saturated heterocycles. The average molecular weight is 838 g/mol. The number of hydrogen-bond donors (Lipinski definition) is 1. The molecule has 0 fully saturated rings. The molecule has 1 radical (unpaired) electrons. The molecule has 0 saturated carbocycles. The summed E-state index contributed by atoms with van der Waals surface area (Å²) in [4.78, 5) is 20.9. The van der Waals surface area contributed by atoms with Crippen molar-refractivity contribution < 1.29 is 34.4 Å². The largest absolute Gasteiger partial charge is 0.512 e. The van der Waals surface area contributed by atoms with Gasteiger partial charge in [0.15, 0.2) is 5.78 Å². The molecule has 3 aromatic heterocycles. The fourth-order valence-electron chi connectivity index (χ4n) is 6.24. The number of ketones is 1. The summed E-state index contributed by atoms with van der Waals surface area (Å²) in [6.07, 6.45) is 11.4. The Labute approximate surface area is 307 Å². The number of aliphatic hydroxyl groups is 1. The molecule has 0 unspecified atom stereocenters. The zero-order valence-corrected chi connectivity index (χ0v) is 33.1. The summed E-state index contributed by atoms with van der Waals surface area (Å²) in [5.74, 6) is 2.09. The van der Waals surface area contributed by atoms with E-state index in [1.807, 2.05) is 52.4 Å². The van der Waals surface area contributed by atoms with Crippen LogP contribution in [-0.2, 0) is 36.7 Å². The maximum Gasteiger partial charge on any atom is 0.162 e. The third kappa shape index (κ3) is 9.99. The Hall–Kier alpha value is -3.60. The van der Waals surface area contributed by atoms with E-state index < -0.39 is 0 Å². The van der Waals surface area contributed by atoms with E-state index in [9.17, 15) is 9.90 Å². The molecular weight excluding hydrogens is 785 g/mol. The third-order valence-corrected chi connectivity index (χ3v) is 9.10. The van der Waals surface area contributed by atoms with Crippen LogP contribution in [0, 0.1) is 23.8 Å². The van der Waals surface area contributed by atoms with Gasteiger partial charge in [0.25, 0.3) is 0 Å². The Morgan fingerprint density at radius 2 is 1.61 bits per heavy atom. The number of aromatic nitrogens is 2. The van der Waals surface area contributed by atoms with Crippen LogP contribution in [-0.4, -0.2) is 20.9 Å². The zero-order valence-electron chi connectivity index (χ0n) is 30.7. The van der Waals surface area contributed by atoms with Gasteiger partial charge in [-0.05, 0) is 54.7 Å². The van der Waals surface area contributed by atoms with Crippen LogP contribution in [0.5, 0.6) is 0 Å². The van der Waals surface area contributed by atoms with Crippen LogP contribution in [0.3, 0.4) is 0 Å². The Bertz CT molecular complexity index is 1860. The standard InChI is InChI=1S/C30H29N2O.C13H24O2.Ir/c1-19(2)12-24-14-23-17-31-18-26(29(23)33-24)21-10-11-32-28(16-21)22-13-20-8-6-7-9-25(20)27(15-22)30(3,4)5;1-5-10(6-2)12(14)9-13(15)11(7-3)8-4;/h6-11,14-19H,12H2,1-5H3;9-11,14H,5-8H2,1-4H3;/q-1;;/b;12-9-;. The van der Waals surface area contributed by atoms with Gasteiger partial charge in [-0.1, -0.05) is 97.5 Å². The second-order valence-corrected chi connectivity index (χ2v) is 14.2. The molecule has 0 aliphatic carbocycles. The van der Waals surface area contributed by atoms with Crippen molar-refractivity contribution in [3.63, 3.8) is 0 Å². The van der Waals surface area contributed by atoms with Crippen molar-refractivity contribution >= 4 is 27.5 Å². The van der Waals surface area contributed by atoms with E-state index in [1.54, 1.807) is 0 Å². The first-order valence-corrected chi connectivity index (χ1v) is 17.6. The third-order valence-electron chi connectivity index (χ3n) is 9.10. The van der Waals surface area contributed by atoms with Crippen LogP contribution >= 0.6 is 0 Å². The summed E-state index contributed by atoms with van der Waals surface area (Å²) in [5.41, 5.74) is 6.13. The van der Waals surface area contributed by atoms with Gasteiger partial charge < -0.3 is 9.52 Å². The molecule has 5 nitrogen and oxygen atoms in total. The SMILES string of the molecule is CC(C)Cc1cc2cncc(-c3ccnc(-c4[c-]c5ccccc5c(C(C)(C)C)c4)c3)c2o1.CCC(CC)C(=O)/C=C(\O)C(CC)CC.[Ir]. The van der Waals surface area contributed by atoms with Crippen LogP contribution in [0.15, 0.2) is 83.4 Å². The Morgan fingerprint density at radius 1 is 0.939 bits per heavy atom. The number of allylic oxidation sites excluding steroid dienone is 2. The molecule has 2 aromatic carbocycles. The number of carbonyl (C=O) groups excluding carboxylic acids is 1. The molecule has 3 heterocycles. The topological polar surface area (TPSA) is 76.2 Å². The molecule has 6 heteroatoms. The summed E-state index contributed by atoms with van der Waals surface area (Å²) in [6, 6.07) is 20.6. The minimum Gasteiger partial charge on any atom is -0.512 e. The molecule has 5 rings (SSSR count). The quantitative estimate of drug-likeness (QED) is 0.0815. The van der Waals surface area contributed by atoms with Gasteiger partial charge in [0.1, 0.15) is 11.3 Å². The van der Waals surface area contributed by atoms with Crippen molar-refractivity contribution in [1.82, 2.24) is 9.97 Å². The van der Waals surface area contributed by atoms with E-state index >= 15 is 0 Å². The van der Waals surface area contributed by atoms with E-state index in [1.165, 1.54) is 17.0 Å². The minimum absolute atomic E-state index is 0. The van der Waals surface area contributed by atoms with Gasteiger partial charge in [-0.25, -0.2) is 0 Å². The molecule has 49 heavy (non-hydrogen) atoms. The van der Waals surface area contributed by atoms with Gasteiger partial charge >= 0.3 is 0 Å². The maximum atomic E-state index is 11.7. The van der Waals surface area contributed by atoms with Crippen LogP contribution in [0.25, 0.3) is 44.1 Å². The molecule has 5 aromatic rings. The fourth-order valence-corrected chi connectivity index (χ4v) is 6.24. The normalized spacial score (nSPS) is 12.0. The predicted octanol–water partition coefficient (Wildman–Crippen LogP) is 11.9. The second-order valence-electron chi connectivity index (χ2n) is 14.2.